The van der Waals surface area contributed by atoms with Gasteiger partial charge in [-0.3, -0.25) is 4.79 Å². The maximum atomic E-state index is 13.0. The van der Waals surface area contributed by atoms with Crippen molar-refractivity contribution in [1.82, 2.24) is 0 Å². The minimum Gasteiger partial charge on any atom is -0.321 e. The Kier molecular flexibility index (Phi) is 5.00. The summed E-state index contributed by atoms with van der Waals surface area (Å²) in [7, 11) is 0. The minimum absolute atomic E-state index is 0.0173. The van der Waals surface area contributed by atoms with E-state index in [0.717, 1.165) is 35.4 Å². The van der Waals surface area contributed by atoms with Gasteiger partial charge in [-0.25, -0.2) is 0 Å². The van der Waals surface area contributed by atoms with Crippen molar-refractivity contribution in [2.24, 2.45) is 0 Å². The molecule has 0 saturated carbocycles. The SMILES string of the molecule is CCCc1c(C(=O)Nc2c(C)cccc2CC)sc2ccccc12. The molecule has 2 aromatic carbocycles. The van der Waals surface area contributed by atoms with Crippen molar-refractivity contribution in [3.63, 3.8) is 0 Å². The number of hydrogen-bond donors (Lipinski definition) is 1. The molecule has 3 heteroatoms. The van der Waals surface area contributed by atoms with E-state index in [0.29, 0.717) is 0 Å². The van der Waals surface area contributed by atoms with Crippen LogP contribution in [0.5, 0.6) is 0 Å². The summed E-state index contributed by atoms with van der Waals surface area (Å²) in [6.07, 6.45) is 2.87. The summed E-state index contributed by atoms with van der Waals surface area (Å²) in [5, 5.41) is 4.39. The molecule has 0 radical (unpaired) electrons. The highest BCUT2D eigenvalue weighted by molar-refractivity contribution is 7.21. The van der Waals surface area contributed by atoms with E-state index in [-0.39, 0.29) is 5.91 Å². The van der Waals surface area contributed by atoms with Gasteiger partial charge in [0.05, 0.1) is 4.88 Å². The van der Waals surface area contributed by atoms with E-state index >= 15 is 0 Å². The first kappa shape index (κ1) is 16.7. The molecule has 24 heavy (non-hydrogen) atoms. The van der Waals surface area contributed by atoms with Crippen molar-refractivity contribution >= 4 is 33.0 Å². The zero-order valence-corrected chi connectivity index (χ0v) is 15.3. The first-order valence-corrected chi connectivity index (χ1v) is 9.37. The second-order valence-electron chi connectivity index (χ2n) is 6.07. The van der Waals surface area contributed by atoms with Crippen molar-refractivity contribution < 1.29 is 4.79 Å². The van der Waals surface area contributed by atoms with Gasteiger partial charge >= 0.3 is 0 Å². The highest BCUT2D eigenvalue weighted by Gasteiger charge is 2.19. The molecule has 1 heterocycles. The largest absolute Gasteiger partial charge is 0.321 e. The van der Waals surface area contributed by atoms with Gasteiger partial charge in [-0.2, -0.15) is 0 Å². The average molecular weight is 337 g/mol. The molecule has 0 saturated heterocycles. The van der Waals surface area contributed by atoms with Crippen molar-refractivity contribution in [2.45, 2.75) is 40.0 Å². The normalized spacial score (nSPS) is 11.0. The zero-order valence-electron chi connectivity index (χ0n) is 14.5. The number of carbonyl (C=O) groups excluding carboxylic acids is 1. The van der Waals surface area contributed by atoms with Crippen LogP contribution in [0, 0.1) is 6.92 Å². The van der Waals surface area contributed by atoms with Gasteiger partial charge in [0.15, 0.2) is 0 Å². The quantitative estimate of drug-likeness (QED) is 0.610. The number of anilines is 1. The lowest BCUT2D eigenvalue weighted by atomic mass is 10.0. The van der Waals surface area contributed by atoms with Crippen molar-refractivity contribution in [1.29, 1.82) is 0 Å². The fraction of sp³-hybridized carbons (Fsp3) is 0.286. The van der Waals surface area contributed by atoms with E-state index in [4.69, 9.17) is 0 Å². The number of thiophene rings is 1. The van der Waals surface area contributed by atoms with Gasteiger partial charge in [0.1, 0.15) is 0 Å². The molecule has 0 aliphatic heterocycles. The van der Waals surface area contributed by atoms with Crippen LogP contribution < -0.4 is 5.32 Å². The van der Waals surface area contributed by atoms with Crippen molar-refractivity contribution in [3.8, 4) is 0 Å². The topological polar surface area (TPSA) is 29.1 Å². The molecule has 0 fully saturated rings. The Bertz CT molecular complexity index is 879. The average Bonchev–Trinajstić information content (AvgIpc) is 2.96. The predicted molar refractivity (Wildman–Crippen MR) is 104 cm³/mol. The van der Waals surface area contributed by atoms with Crippen molar-refractivity contribution in [3.05, 3.63) is 64.0 Å². The molecule has 3 aromatic rings. The fourth-order valence-electron chi connectivity index (χ4n) is 3.15. The zero-order chi connectivity index (χ0) is 17.1. The number of rotatable bonds is 5. The first-order chi connectivity index (χ1) is 11.7. The smallest absolute Gasteiger partial charge is 0.266 e. The molecule has 2 nitrogen and oxygen atoms in total. The molecular formula is C21H23NOS. The lowest BCUT2D eigenvalue weighted by Crippen LogP contribution is -2.14. The van der Waals surface area contributed by atoms with Gasteiger partial charge in [-0.1, -0.05) is 56.7 Å². The van der Waals surface area contributed by atoms with Crippen LogP contribution in [0.4, 0.5) is 5.69 Å². The first-order valence-electron chi connectivity index (χ1n) is 8.56. The molecule has 0 spiro atoms. The minimum atomic E-state index is 0.0173. The Morgan fingerprint density at radius 1 is 1.08 bits per heavy atom. The molecular weight excluding hydrogens is 314 g/mol. The highest BCUT2D eigenvalue weighted by Crippen LogP contribution is 2.33. The molecule has 1 aromatic heterocycles. The Morgan fingerprint density at radius 2 is 1.88 bits per heavy atom. The second kappa shape index (κ2) is 7.18. The monoisotopic (exact) mass is 337 g/mol. The molecule has 124 valence electrons. The maximum Gasteiger partial charge on any atom is 0.266 e. The lowest BCUT2D eigenvalue weighted by Gasteiger charge is -2.13. The van der Waals surface area contributed by atoms with Crippen LogP contribution in [0.3, 0.4) is 0 Å². The van der Waals surface area contributed by atoms with Gasteiger partial charge in [0.25, 0.3) is 5.91 Å². The number of fused-ring (bicyclic) bond motifs is 1. The van der Waals surface area contributed by atoms with E-state index in [1.807, 2.05) is 31.2 Å². The number of benzene rings is 2. The summed E-state index contributed by atoms with van der Waals surface area (Å²) >= 11 is 1.60. The Balaban J connectivity index is 2.02. The van der Waals surface area contributed by atoms with Gasteiger partial charge in [0.2, 0.25) is 0 Å². The molecule has 3 rings (SSSR count). The summed E-state index contributed by atoms with van der Waals surface area (Å²) in [6.45, 7) is 6.32. The molecule has 0 unspecified atom stereocenters. The van der Waals surface area contributed by atoms with E-state index in [1.165, 1.54) is 21.2 Å². The second-order valence-corrected chi connectivity index (χ2v) is 7.12. The van der Waals surface area contributed by atoms with Gasteiger partial charge < -0.3 is 5.32 Å². The number of amides is 1. The van der Waals surface area contributed by atoms with Crippen LogP contribution >= 0.6 is 11.3 Å². The molecule has 0 bridgehead atoms. The van der Waals surface area contributed by atoms with Crippen molar-refractivity contribution in [2.75, 3.05) is 5.32 Å². The highest BCUT2D eigenvalue weighted by atomic mass is 32.1. The third-order valence-corrected chi connectivity index (χ3v) is 5.59. The van der Waals surface area contributed by atoms with Crippen LogP contribution in [-0.2, 0) is 12.8 Å². The van der Waals surface area contributed by atoms with Crippen LogP contribution in [0.25, 0.3) is 10.1 Å². The lowest BCUT2D eigenvalue weighted by molar-refractivity contribution is 0.102. The number of nitrogens with one attached hydrogen (secondary N) is 1. The molecule has 0 aliphatic rings. The van der Waals surface area contributed by atoms with E-state index in [9.17, 15) is 4.79 Å². The van der Waals surface area contributed by atoms with E-state index in [1.54, 1.807) is 11.3 Å². The van der Waals surface area contributed by atoms with Crippen LogP contribution in [0.2, 0.25) is 0 Å². The molecule has 0 atom stereocenters. The number of carbonyl (C=O) groups is 1. The third-order valence-electron chi connectivity index (χ3n) is 4.38. The van der Waals surface area contributed by atoms with Gasteiger partial charge in [-0.05, 0) is 47.9 Å². The standard InChI is InChI=1S/C21H23NOS/c1-4-9-17-16-12-6-7-13-18(16)24-20(17)21(23)22-19-14(3)10-8-11-15(19)5-2/h6-8,10-13H,4-5,9H2,1-3H3,(H,22,23). The Labute approximate surface area is 147 Å². The fourth-order valence-corrected chi connectivity index (χ4v) is 4.30. The third kappa shape index (κ3) is 3.09. The Hall–Kier alpha value is -2.13. The number of aryl methyl sites for hydroxylation is 3. The number of hydrogen-bond acceptors (Lipinski definition) is 2. The summed E-state index contributed by atoms with van der Waals surface area (Å²) in [5.74, 6) is 0.0173. The molecule has 0 aliphatic carbocycles. The molecule has 1 N–H and O–H groups in total. The van der Waals surface area contributed by atoms with Crippen LogP contribution in [0.1, 0.15) is 46.6 Å². The summed E-state index contributed by atoms with van der Waals surface area (Å²) in [6, 6.07) is 14.5. The van der Waals surface area contributed by atoms with Crippen LogP contribution in [0.15, 0.2) is 42.5 Å². The van der Waals surface area contributed by atoms with E-state index in [2.05, 4.69) is 37.4 Å². The summed E-state index contributed by atoms with van der Waals surface area (Å²) in [5.41, 5.74) is 4.44. The Morgan fingerprint density at radius 3 is 2.62 bits per heavy atom. The summed E-state index contributed by atoms with van der Waals surface area (Å²) < 4.78 is 1.19. The van der Waals surface area contributed by atoms with Crippen LogP contribution in [-0.4, -0.2) is 5.91 Å². The predicted octanol–water partition coefficient (Wildman–Crippen LogP) is 5.98. The van der Waals surface area contributed by atoms with Gasteiger partial charge in [-0.15, -0.1) is 11.3 Å². The van der Waals surface area contributed by atoms with E-state index < -0.39 is 0 Å². The summed E-state index contributed by atoms with van der Waals surface area (Å²) in [4.78, 5) is 13.8. The number of para-hydroxylation sites is 1. The maximum absolute atomic E-state index is 13.0. The molecule has 1 amide bonds. The van der Waals surface area contributed by atoms with Gasteiger partial charge in [0, 0.05) is 10.4 Å².